The summed E-state index contributed by atoms with van der Waals surface area (Å²) in [5.41, 5.74) is 1.04. The number of rotatable bonds is 3. The number of hydrogen-bond acceptors (Lipinski definition) is 7. The lowest BCUT2D eigenvalue weighted by Gasteiger charge is -2.38. The van der Waals surface area contributed by atoms with Gasteiger partial charge in [-0.05, 0) is 37.5 Å². The first-order valence-electron chi connectivity index (χ1n) is 10.1. The van der Waals surface area contributed by atoms with E-state index in [4.69, 9.17) is 0 Å². The molecule has 8 nitrogen and oxygen atoms in total. The van der Waals surface area contributed by atoms with E-state index in [9.17, 15) is 14.3 Å². The van der Waals surface area contributed by atoms with Crippen molar-refractivity contribution in [3.63, 3.8) is 0 Å². The molecule has 0 amide bonds. The summed E-state index contributed by atoms with van der Waals surface area (Å²) in [4.78, 5) is 18.4. The van der Waals surface area contributed by atoms with Crippen LogP contribution in [0.4, 0.5) is 10.2 Å². The second-order valence-electron chi connectivity index (χ2n) is 8.23. The monoisotopic (exact) mass is 410 g/mol. The summed E-state index contributed by atoms with van der Waals surface area (Å²) in [5, 5.41) is 22.7. The molecule has 0 radical (unpaired) electrons. The van der Waals surface area contributed by atoms with Gasteiger partial charge in [-0.3, -0.25) is 4.79 Å². The predicted octanol–water partition coefficient (Wildman–Crippen LogP) is 1.76. The Morgan fingerprint density at radius 1 is 1.27 bits per heavy atom. The minimum absolute atomic E-state index is 0.0302. The number of aromatic nitrogens is 4. The number of phenols is 1. The van der Waals surface area contributed by atoms with E-state index < -0.39 is 6.17 Å². The van der Waals surface area contributed by atoms with E-state index in [0.717, 1.165) is 19.3 Å². The summed E-state index contributed by atoms with van der Waals surface area (Å²) in [5.74, 6) is 0.544. The van der Waals surface area contributed by atoms with Crippen LogP contribution in [0.5, 0.6) is 5.75 Å². The fraction of sp³-hybridized carbons (Fsp3) is 0.429. The first-order valence-corrected chi connectivity index (χ1v) is 10.1. The minimum Gasteiger partial charge on any atom is -0.507 e. The van der Waals surface area contributed by atoms with Gasteiger partial charge in [-0.2, -0.15) is 0 Å². The van der Waals surface area contributed by atoms with Crippen molar-refractivity contribution >= 4 is 16.7 Å². The molecule has 2 aromatic heterocycles. The SMILES string of the molecule is CN(c1ccc(-c2cc3c(=O)n(C)cnc3cc2O)nn1)[C@@H]1CC2CCC(N2)[C@@H]1F. The lowest BCUT2D eigenvalue weighted by Crippen LogP contribution is -2.55. The van der Waals surface area contributed by atoms with Crippen LogP contribution in [0.1, 0.15) is 19.3 Å². The normalized spacial score (nSPS) is 25.6. The number of anilines is 1. The second-order valence-corrected chi connectivity index (χ2v) is 8.23. The number of aromatic hydroxyl groups is 1. The molecule has 2 aliphatic heterocycles. The van der Waals surface area contributed by atoms with Gasteiger partial charge in [0, 0.05) is 37.8 Å². The topological polar surface area (TPSA) is 96.2 Å². The maximum absolute atomic E-state index is 14.9. The van der Waals surface area contributed by atoms with E-state index in [0.29, 0.717) is 34.0 Å². The Kier molecular flexibility index (Phi) is 4.43. The van der Waals surface area contributed by atoms with Gasteiger partial charge >= 0.3 is 0 Å². The highest BCUT2D eigenvalue weighted by molar-refractivity contribution is 5.86. The van der Waals surface area contributed by atoms with Crippen molar-refractivity contribution in [3.05, 3.63) is 40.9 Å². The average molecular weight is 410 g/mol. The molecule has 0 aliphatic carbocycles. The fourth-order valence-electron chi connectivity index (χ4n) is 4.63. The summed E-state index contributed by atoms with van der Waals surface area (Å²) in [7, 11) is 3.46. The van der Waals surface area contributed by atoms with Crippen LogP contribution in [0.15, 0.2) is 35.4 Å². The minimum atomic E-state index is -0.955. The van der Waals surface area contributed by atoms with Crippen molar-refractivity contribution in [1.82, 2.24) is 25.1 Å². The Hall–Kier alpha value is -3.07. The predicted molar refractivity (Wildman–Crippen MR) is 111 cm³/mol. The van der Waals surface area contributed by atoms with Crippen LogP contribution < -0.4 is 15.8 Å². The molecule has 2 bridgehead atoms. The first-order chi connectivity index (χ1) is 14.4. The highest BCUT2D eigenvalue weighted by Gasteiger charge is 2.43. The Morgan fingerprint density at radius 2 is 2.10 bits per heavy atom. The van der Waals surface area contributed by atoms with Crippen LogP contribution >= 0.6 is 0 Å². The number of phenolic OH excluding ortho intramolecular Hbond substituents is 1. The molecule has 2 fully saturated rings. The maximum atomic E-state index is 14.9. The molecule has 30 heavy (non-hydrogen) atoms. The third-order valence-electron chi connectivity index (χ3n) is 6.37. The van der Waals surface area contributed by atoms with Crippen molar-refractivity contribution in [2.45, 2.75) is 43.6 Å². The van der Waals surface area contributed by atoms with Gasteiger partial charge in [0.15, 0.2) is 5.82 Å². The van der Waals surface area contributed by atoms with Crippen LogP contribution in [0.25, 0.3) is 22.2 Å². The van der Waals surface area contributed by atoms with E-state index in [2.05, 4.69) is 20.5 Å². The summed E-state index contributed by atoms with van der Waals surface area (Å²) in [6, 6.07) is 6.55. The Morgan fingerprint density at radius 3 is 2.87 bits per heavy atom. The zero-order valence-corrected chi connectivity index (χ0v) is 16.8. The van der Waals surface area contributed by atoms with Crippen molar-refractivity contribution in [2.75, 3.05) is 11.9 Å². The smallest absolute Gasteiger partial charge is 0.260 e. The molecule has 1 aromatic carbocycles. The van der Waals surface area contributed by atoms with Gasteiger partial charge in [0.2, 0.25) is 0 Å². The van der Waals surface area contributed by atoms with Crippen molar-refractivity contribution < 1.29 is 9.50 Å². The van der Waals surface area contributed by atoms with Crippen LogP contribution in [0.3, 0.4) is 0 Å². The van der Waals surface area contributed by atoms with Crippen LogP contribution in [0, 0.1) is 0 Å². The average Bonchev–Trinajstić information content (AvgIpc) is 3.16. The van der Waals surface area contributed by atoms with Gasteiger partial charge in [0.25, 0.3) is 5.56 Å². The van der Waals surface area contributed by atoms with Gasteiger partial charge in [0.05, 0.1) is 29.0 Å². The van der Waals surface area contributed by atoms with Crippen LogP contribution in [-0.2, 0) is 7.05 Å². The number of halogens is 1. The zero-order valence-electron chi connectivity index (χ0n) is 16.8. The van der Waals surface area contributed by atoms with E-state index >= 15 is 0 Å². The molecule has 2 unspecified atom stereocenters. The van der Waals surface area contributed by atoms with Crippen LogP contribution in [-0.4, -0.2) is 56.2 Å². The molecular formula is C21H23FN6O2. The van der Waals surface area contributed by atoms with Crippen LogP contribution in [0.2, 0.25) is 0 Å². The Balaban J connectivity index is 1.46. The molecular weight excluding hydrogens is 387 g/mol. The standard InChI is InChI=1S/C21H23FN6O2/c1-27-10-23-16-9-18(29)12(8-13(16)21(27)30)14-5-6-19(26-25-14)28(2)17-7-11-3-4-15(24-11)20(17)22/h5-6,8-11,15,17,20,24,29H,3-4,7H2,1-2H3/t11?,15?,17-,20+/m1/s1. The molecule has 2 N–H and O–H groups in total. The molecule has 2 saturated heterocycles. The van der Waals surface area contributed by atoms with Gasteiger partial charge in [0.1, 0.15) is 11.9 Å². The van der Waals surface area contributed by atoms with E-state index in [1.807, 2.05) is 11.9 Å². The lowest BCUT2D eigenvalue weighted by atomic mass is 9.96. The molecule has 2 aliphatic rings. The van der Waals surface area contributed by atoms with E-state index in [1.165, 1.54) is 17.0 Å². The molecule has 0 saturated carbocycles. The number of benzene rings is 1. The Bertz CT molecular complexity index is 1160. The van der Waals surface area contributed by atoms with Gasteiger partial charge in [-0.25, -0.2) is 9.37 Å². The zero-order chi connectivity index (χ0) is 21.0. The fourth-order valence-corrected chi connectivity index (χ4v) is 4.63. The van der Waals surface area contributed by atoms with Gasteiger partial charge < -0.3 is 19.9 Å². The van der Waals surface area contributed by atoms with Gasteiger partial charge in [-0.15, -0.1) is 10.2 Å². The second kappa shape index (κ2) is 7.02. The summed E-state index contributed by atoms with van der Waals surface area (Å²) < 4.78 is 16.2. The number of hydrogen-bond donors (Lipinski definition) is 2. The largest absolute Gasteiger partial charge is 0.507 e. The molecule has 0 spiro atoms. The lowest BCUT2D eigenvalue weighted by molar-refractivity contribution is 0.176. The number of piperidine rings is 1. The van der Waals surface area contributed by atoms with Crippen molar-refractivity contribution in [3.8, 4) is 17.0 Å². The van der Waals surface area contributed by atoms with E-state index in [1.54, 1.807) is 25.2 Å². The quantitative estimate of drug-likeness (QED) is 0.679. The van der Waals surface area contributed by atoms with Gasteiger partial charge in [-0.1, -0.05) is 0 Å². The highest BCUT2D eigenvalue weighted by atomic mass is 19.1. The first kappa shape index (κ1) is 18.9. The number of nitrogens with one attached hydrogen (secondary N) is 1. The third-order valence-corrected chi connectivity index (χ3v) is 6.37. The molecule has 4 heterocycles. The number of nitrogens with zero attached hydrogens (tertiary/aromatic N) is 5. The molecule has 9 heteroatoms. The number of fused-ring (bicyclic) bond motifs is 3. The summed E-state index contributed by atoms with van der Waals surface area (Å²) >= 11 is 0. The molecule has 4 atom stereocenters. The number of aryl methyl sites for hydroxylation is 1. The van der Waals surface area contributed by atoms with Crippen molar-refractivity contribution in [2.24, 2.45) is 7.05 Å². The van der Waals surface area contributed by atoms with Crippen molar-refractivity contribution in [1.29, 1.82) is 0 Å². The third kappa shape index (κ3) is 3.00. The molecule has 156 valence electrons. The summed E-state index contributed by atoms with van der Waals surface area (Å²) in [6.45, 7) is 0. The summed E-state index contributed by atoms with van der Waals surface area (Å²) in [6.07, 6.45) is 3.08. The molecule has 3 aromatic rings. The highest BCUT2D eigenvalue weighted by Crippen LogP contribution is 2.34. The number of alkyl halides is 1. The Labute approximate surface area is 172 Å². The molecule has 5 rings (SSSR count). The van der Waals surface area contributed by atoms with E-state index in [-0.39, 0.29) is 23.4 Å². The maximum Gasteiger partial charge on any atom is 0.260 e.